The molecule has 0 spiro atoms. The Morgan fingerprint density at radius 2 is 1.71 bits per heavy atom. The van der Waals surface area contributed by atoms with Gasteiger partial charge in [-0.25, -0.2) is 13.2 Å². The standard InChI is InChI=1S/C11H15NO4S/c1-8(2)17(15,16)10-6-4-9(5-7-10)12(3)11(13)14/h4-8H,1-3H3,(H,13,14). The monoisotopic (exact) mass is 257 g/mol. The Hall–Kier alpha value is -1.56. The Kier molecular flexibility index (Phi) is 3.77. The molecule has 0 radical (unpaired) electrons. The van der Waals surface area contributed by atoms with Crippen molar-refractivity contribution in [1.82, 2.24) is 0 Å². The van der Waals surface area contributed by atoms with Crippen LogP contribution in [0.15, 0.2) is 29.2 Å². The molecule has 0 saturated carbocycles. The second-order valence-electron chi connectivity index (χ2n) is 3.93. The van der Waals surface area contributed by atoms with Crippen LogP contribution in [0.1, 0.15) is 13.8 Å². The zero-order chi connectivity index (χ0) is 13.2. The molecule has 1 N–H and O–H groups in total. The summed E-state index contributed by atoms with van der Waals surface area (Å²) in [5.41, 5.74) is 0.431. The first-order valence-electron chi connectivity index (χ1n) is 5.07. The molecule has 0 aliphatic carbocycles. The number of carbonyl (C=O) groups is 1. The third-order valence-corrected chi connectivity index (χ3v) is 4.63. The van der Waals surface area contributed by atoms with Crippen LogP contribution in [-0.4, -0.2) is 31.9 Å². The molecular weight excluding hydrogens is 242 g/mol. The van der Waals surface area contributed by atoms with Crippen LogP contribution in [0.2, 0.25) is 0 Å². The third-order valence-electron chi connectivity index (χ3n) is 2.46. The molecule has 0 bridgehead atoms. The van der Waals surface area contributed by atoms with E-state index in [9.17, 15) is 13.2 Å². The van der Waals surface area contributed by atoms with Gasteiger partial charge in [0, 0.05) is 12.7 Å². The highest BCUT2D eigenvalue weighted by Crippen LogP contribution is 2.20. The Bertz CT molecular complexity index is 505. The van der Waals surface area contributed by atoms with E-state index < -0.39 is 21.2 Å². The van der Waals surface area contributed by atoms with Crippen molar-refractivity contribution in [3.63, 3.8) is 0 Å². The molecule has 0 atom stereocenters. The lowest BCUT2D eigenvalue weighted by Crippen LogP contribution is -2.23. The highest BCUT2D eigenvalue weighted by molar-refractivity contribution is 7.92. The van der Waals surface area contributed by atoms with E-state index in [0.717, 1.165) is 4.90 Å². The summed E-state index contributed by atoms with van der Waals surface area (Å²) in [6.45, 7) is 3.21. The average Bonchev–Trinajstić information content (AvgIpc) is 2.27. The van der Waals surface area contributed by atoms with Crippen LogP contribution in [0, 0.1) is 0 Å². The van der Waals surface area contributed by atoms with E-state index in [1.54, 1.807) is 13.8 Å². The first-order chi connectivity index (χ1) is 7.76. The molecule has 0 unspecified atom stereocenters. The lowest BCUT2D eigenvalue weighted by molar-refractivity contribution is 0.203. The van der Waals surface area contributed by atoms with Gasteiger partial charge in [0.1, 0.15) is 0 Å². The third kappa shape index (κ3) is 2.76. The molecule has 1 aromatic carbocycles. The predicted octanol–water partition coefficient (Wildman–Crippen LogP) is 1.98. The molecule has 0 fully saturated rings. The van der Waals surface area contributed by atoms with Gasteiger partial charge in [0.2, 0.25) is 0 Å². The van der Waals surface area contributed by atoms with Crippen molar-refractivity contribution >= 4 is 21.6 Å². The topological polar surface area (TPSA) is 74.7 Å². The number of nitrogens with zero attached hydrogens (tertiary/aromatic N) is 1. The van der Waals surface area contributed by atoms with Crippen LogP contribution in [0.3, 0.4) is 0 Å². The fourth-order valence-corrected chi connectivity index (χ4v) is 2.30. The highest BCUT2D eigenvalue weighted by atomic mass is 32.2. The smallest absolute Gasteiger partial charge is 0.411 e. The summed E-state index contributed by atoms with van der Waals surface area (Å²) in [6.07, 6.45) is -1.09. The summed E-state index contributed by atoms with van der Waals surface area (Å²) >= 11 is 0. The van der Waals surface area contributed by atoms with E-state index in [1.807, 2.05) is 0 Å². The lowest BCUT2D eigenvalue weighted by Gasteiger charge is -2.14. The van der Waals surface area contributed by atoms with Crippen molar-refractivity contribution < 1.29 is 18.3 Å². The minimum Gasteiger partial charge on any atom is -0.465 e. The van der Waals surface area contributed by atoms with Gasteiger partial charge in [0.15, 0.2) is 9.84 Å². The van der Waals surface area contributed by atoms with E-state index in [4.69, 9.17) is 5.11 Å². The zero-order valence-electron chi connectivity index (χ0n) is 9.91. The summed E-state index contributed by atoms with van der Waals surface area (Å²) < 4.78 is 23.6. The summed E-state index contributed by atoms with van der Waals surface area (Å²) in [7, 11) is -1.91. The molecular formula is C11H15NO4S. The molecule has 0 aliphatic heterocycles. The normalized spacial score (nSPS) is 11.5. The molecule has 1 amide bonds. The van der Waals surface area contributed by atoms with Gasteiger partial charge in [-0.15, -0.1) is 0 Å². The number of rotatable bonds is 3. The largest absolute Gasteiger partial charge is 0.465 e. The highest BCUT2D eigenvalue weighted by Gasteiger charge is 2.19. The van der Waals surface area contributed by atoms with E-state index >= 15 is 0 Å². The Morgan fingerprint density at radius 3 is 2.06 bits per heavy atom. The van der Waals surface area contributed by atoms with Crippen LogP contribution >= 0.6 is 0 Å². The van der Waals surface area contributed by atoms with Gasteiger partial charge < -0.3 is 5.11 Å². The second kappa shape index (κ2) is 4.75. The summed E-state index contributed by atoms with van der Waals surface area (Å²) in [5, 5.41) is 8.27. The number of carboxylic acid groups (broad SMARTS) is 1. The molecule has 0 aliphatic rings. The first kappa shape index (κ1) is 13.5. The van der Waals surface area contributed by atoms with Crippen molar-refractivity contribution in [3.05, 3.63) is 24.3 Å². The van der Waals surface area contributed by atoms with E-state index in [0.29, 0.717) is 5.69 Å². The van der Waals surface area contributed by atoms with Gasteiger partial charge >= 0.3 is 6.09 Å². The quantitative estimate of drug-likeness (QED) is 0.898. The molecule has 0 aromatic heterocycles. The van der Waals surface area contributed by atoms with Crippen LogP contribution in [0.4, 0.5) is 10.5 Å². The Morgan fingerprint density at radius 1 is 1.24 bits per heavy atom. The molecule has 94 valence electrons. The molecule has 6 heteroatoms. The Labute approximate surface area is 101 Å². The van der Waals surface area contributed by atoms with Crippen molar-refractivity contribution in [3.8, 4) is 0 Å². The maximum atomic E-state index is 11.8. The summed E-state index contributed by atoms with van der Waals surface area (Å²) in [5.74, 6) is 0. The number of hydrogen-bond donors (Lipinski definition) is 1. The Balaban J connectivity index is 3.09. The number of hydrogen-bond acceptors (Lipinski definition) is 3. The van der Waals surface area contributed by atoms with Gasteiger partial charge in [0.25, 0.3) is 0 Å². The minimum absolute atomic E-state index is 0.204. The van der Waals surface area contributed by atoms with Gasteiger partial charge in [-0.1, -0.05) is 0 Å². The summed E-state index contributed by atoms with van der Waals surface area (Å²) in [4.78, 5) is 11.9. The van der Waals surface area contributed by atoms with Gasteiger partial charge in [0.05, 0.1) is 10.1 Å². The molecule has 5 nitrogen and oxygen atoms in total. The van der Waals surface area contributed by atoms with Crippen molar-refractivity contribution in [2.75, 3.05) is 11.9 Å². The summed E-state index contributed by atoms with van der Waals surface area (Å²) in [6, 6.07) is 5.79. The van der Waals surface area contributed by atoms with Gasteiger partial charge in [-0.3, -0.25) is 4.90 Å². The lowest BCUT2D eigenvalue weighted by atomic mass is 10.3. The SMILES string of the molecule is CC(C)S(=O)(=O)c1ccc(N(C)C(=O)O)cc1. The van der Waals surface area contributed by atoms with E-state index in [2.05, 4.69) is 0 Å². The van der Waals surface area contributed by atoms with Crippen LogP contribution in [0.25, 0.3) is 0 Å². The fourth-order valence-electron chi connectivity index (χ4n) is 1.24. The molecule has 1 rings (SSSR count). The van der Waals surface area contributed by atoms with Crippen molar-refractivity contribution in [2.45, 2.75) is 24.0 Å². The molecule has 0 saturated heterocycles. The number of benzene rings is 1. The number of anilines is 1. The molecule has 0 heterocycles. The van der Waals surface area contributed by atoms with Gasteiger partial charge in [-0.05, 0) is 38.1 Å². The van der Waals surface area contributed by atoms with Crippen molar-refractivity contribution in [1.29, 1.82) is 0 Å². The van der Waals surface area contributed by atoms with Gasteiger partial charge in [-0.2, -0.15) is 0 Å². The van der Waals surface area contributed by atoms with E-state index in [-0.39, 0.29) is 4.90 Å². The average molecular weight is 257 g/mol. The number of amides is 1. The minimum atomic E-state index is -3.31. The fraction of sp³-hybridized carbons (Fsp3) is 0.364. The van der Waals surface area contributed by atoms with Crippen molar-refractivity contribution in [2.24, 2.45) is 0 Å². The number of sulfone groups is 1. The predicted molar refractivity (Wildman–Crippen MR) is 65.2 cm³/mol. The zero-order valence-corrected chi connectivity index (χ0v) is 10.7. The molecule has 1 aromatic rings. The molecule has 17 heavy (non-hydrogen) atoms. The van der Waals surface area contributed by atoms with Crippen LogP contribution in [0.5, 0.6) is 0 Å². The second-order valence-corrected chi connectivity index (χ2v) is 6.43. The van der Waals surface area contributed by atoms with E-state index in [1.165, 1.54) is 31.3 Å². The van der Waals surface area contributed by atoms with Crippen LogP contribution < -0.4 is 4.90 Å². The maximum Gasteiger partial charge on any atom is 0.411 e. The first-order valence-corrected chi connectivity index (χ1v) is 6.62. The van der Waals surface area contributed by atoms with Crippen LogP contribution in [-0.2, 0) is 9.84 Å². The maximum absolute atomic E-state index is 11.8.